The van der Waals surface area contributed by atoms with Gasteiger partial charge in [0.15, 0.2) is 11.6 Å². The maximum atomic E-state index is 12.9. The zero-order chi connectivity index (χ0) is 13.0. The van der Waals surface area contributed by atoms with Crippen molar-refractivity contribution in [2.45, 2.75) is 19.4 Å². The number of amides is 1. The molecule has 2 N–H and O–H groups in total. The molecule has 0 bridgehead atoms. The third-order valence-electron chi connectivity index (χ3n) is 2.10. The maximum Gasteiger partial charge on any atom is 0.252 e. The molecule has 0 aliphatic heterocycles. The van der Waals surface area contributed by atoms with E-state index in [4.69, 9.17) is 16.7 Å². The normalized spacial score (nSPS) is 12.3. The minimum atomic E-state index is -1.13. The number of aliphatic hydroxyl groups excluding tert-OH is 1. The molecule has 0 aliphatic carbocycles. The van der Waals surface area contributed by atoms with Crippen molar-refractivity contribution in [1.29, 1.82) is 0 Å². The van der Waals surface area contributed by atoms with Crippen LogP contribution >= 0.6 is 11.6 Å². The fraction of sp³-hybridized carbons (Fsp3) is 0.364. The molecule has 0 radical (unpaired) electrons. The molecule has 94 valence electrons. The van der Waals surface area contributed by atoms with Crippen molar-refractivity contribution in [3.05, 3.63) is 34.4 Å². The number of aliphatic hydroxyl groups is 1. The van der Waals surface area contributed by atoms with Crippen LogP contribution < -0.4 is 5.32 Å². The number of hydrogen-bond acceptors (Lipinski definition) is 2. The Morgan fingerprint density at radius 2 is 2.06 bits per heavy atom. The van der Waals surface area contributed by atoms with Gasteiger partial charge in [-0.25, -0.2) is 8.78 Å². The van der Waals surface area contributed by atoms with Crippen LogP contribution in [0, 0.1) is 11.6 Å². The van der Waals surface area contributed by atoms with Gasteiger partial charge in [0, 0.05) is 6.54 Å². The Bertz CT molecular complexity index is 424. The summed E-state index contributed by atoms with van der Waals surface area (Å²) in [5.41, 5.74) is -0.129. The largest absolute Gasteiger partial charge is 0.393 e. The van der Waals surface area contributed by atoms with Gasteiger partial charge >= 0.3 is 0 Å². The summed E-state index contributed by atoms with van der Waals surface area (Å²) in [7, 11) is 0. The van der Waals surface area contributed by atoms with E-state index in [0.29, 0.717) is 6.42 Å². The molecule has 1 amide bonds. The number of benzene rings is 1. The van der Waals surface area contributed by atoms with Gasteiger partial charge in [-0.1, -0.05) is 11.6 Å². The lowest BCUT2D eigenvalue weighted by molar-refractivity contribution is 0.0945. The topological polar surface area (TPSA) is 49.3 Å². The lowest BCUT2D eigenvalue weighted by Gasteiger charge is -2.08. The summed E-state index contributed by atoms with van der Waals surface area (Å²) in [6, 6.07) is 1.50. The third kappa shape index (κ3) is 3.94. The molecule has 0 fully saturated rings. The van der Waals surface area contributed by atoms with E-state index < -0.39 is 23.6 Å². The minimum absolute atomic E-state index is 0.129. The summed E-state index contributed by atoms with van der Waals surface area (Å²) in [5.74, 6) is -2.83. The molecule has 17 heavy (non-hydrogen) atoms. The van der Waals surface area contributed by atoms with Gasteiger partial charge in [0.2, 0.25) is 0 Å². The van der Waals surface area contributed by atoms with Crippen molar-refractivity contribution >= 4 is 17.5 Å². The average Bonchev–Trinajstić information content (AvgIpc) is 2.22. The SMILES string of the molecule is CC(O)CCNC(=O)c1cc(F)c(F)cc1Cl. The van der Waals surface area contributed by atoms with Crippen molar-refractivity contribution in [2.75, 3.05) is 6.54 Å². The lowest BCUT2D eigenvalue weighted by atomic mass is 10.2. The summed E-state index contributed by atoms with van der Waals surface area (Å²) in [4.78, 5) is 11.5. The lowest BCUT2D eigenvalue weighted by Crippen LogP contribution is -2.27. The molecule has 0 aliphatic rings. The van der Waals surface area contributed by atoms with E-state index in [9.17, 15) is 13.6 Å². The van der Waals surface area contributed by atoms with E-state index in [2.05, 4.69) is 5.32 Å². The highest BCUT2D eigenvalue weighted by Crippen LogP contribution is 2.19. The number of rotatable bonds is 4. The molecular weight excluding hydrogens is 252 g/mol. The highest BCUT2D eigenvalue weighted by atomic mass is 35.5. The van der Waals surface area contributed by atoms with Gasteiger partial charge in [-0.2, -0.15) is 0 Å². The maximum absolute atomic E-state index is 12.9. The molecule has 1 atom stereocenters. The van der Waals surface area contributed by atoms with E-state index in [0.717, 1.165) is 12.1 Å². The molecule has 6 heteroatoms. The second kappa shape index (κ2) is 5.93. The Morgan fingerprint density at radius 1 is 1.47 bits per heavy atom. The van der Waals surface area contributed by atoms with E-state index in [1.54, 1.807) is 6.92 Å². The first-order chi connectivity index (χ1) is 7.91. The van der Waals surface area contributed by atoms with Gasteiger partial charge in [-0.15, -0.1) is 0 Å². The first-order valence-electron chi connectivity index (χ1n) is 5.02. The van der Waals surface area contributed by atoms with Gasteiger partial charge in [-0.05, 0) is 25.5 Å². The Labute approximate surface area is 102 Å². The summed E-state index contributed by atoms with van der Waals surface area (Å²) >= 11 is 5.62. The molecule has 0 saturated heterocycles. The summed E-state index contributed by atoms with van der Waals surface area (Å²) in [6.07, 6.45) is -0.178. The van der Waals surface area contributed by atoms with Crippen LogP contribution in [0.3, 0.4) is 0 Å². The molecule has 0 heterocycles. The predicted molar refractivity (Wildman–Crippen MR) is 60.0 cm³/mol. The quantitative estimate of drug-likeness (QED) is 0.818. The van der Waals surface area contributed by atoms with Crippen LogP contribution in [0.1, 0.15) is 23.7 Å². The first kappa shape index (κ1) is 13.9. The predicted octanol–water partition coefficient (Wildman–Crippen LogP) is 2.12. The summed E-state index contributed by atoms with van der Waals surface area (Å²) in [5, 5.41) is 11.3. The third-order valence-corrected chi connectivity index (χ3v) is 2.41. The fourth-order valence-electron chi connectivity index (χ4n) is 1.19. The molecule has 1 aromatic rings. The molecular formula is C11H12ClF2NO2. The molecule has 1 unspecified atom stereocenters. The average molecular weight is 264 g/mol. The van der Waals surface area contributed by atoms with Crippen molar-refractivity contribution < 1.29 is 18.7 Å². The van der Waals surface area contributed by atoms with Crippen molar-refractivity contribution in [2.24, 2.45) is 0 Å². The van der Waals surface area contributed by atoms with E-state index >= 15 is 0 Å². The first-order valence-corrected chi connectivity index (χ1v) is 5.40. The van der Waals surface area contributed by atoms with Gasteiger partial charge in [-0.3, -0.25) is 4.79 Å². The summed E-state index contributed by atoms with van der Waals surface area (Å²) < 4.78 is 25.7. The standard InChI is InChI=1S/C11H12ClF2NO2/c1-6(16)2-3-15-11(17)7-4-9(13)10(14)5-8(7)12/h4-6,16H,2-3H2,1H3,(H,15,17). The van der Waals surface area contributed by atoms with Crippen LogP contribution in [0.15, 0.2) is 12.1 Å². The molecule has 0 saturated carbocycles. The van der Waals surface area contributed by atoms with Crippen molar-refractivity contribution in [3.63, 3.8) is 0 Å². The van der Waals surface area contributed by atoms with Crippen LogP contribution in [0.25, 0.3) is 0 Å². The van der Waals surface area contributed by atoms with Gasteiger partial charge in [0.05, 0.1) is 16.7 Å². The Hall–Kier alpha value is -1.20. The van der Waals surface area contributed by atoms with Gasteiger partial charge < -0.3 is 10.4 Å². The Kier molecular flexibility index (Phi) is 4.84. The molecule has 1 rings (SSSR count). The fourth-order valence-corrected chi connectivity index (χ4v) is 1.42. The monoisotopic (exact) mass is 263 g/mol. The second-order valence-electron chi connectivity index (χ2n) is 3.64. The zero-order valence-corrected chi connectivity index (χ0v) is 9.89. The van der Waals surface area contributed by atoms with E-state index in [1.165, 1.54) is 0 Å². The van der Waals surface area contributed by atoms with Crippen LogP contribution in [-0.2, 0) is 0 Å². The number of carbonyl (C=O) groups excluding carboxylic acids is 1. The van der Waals surface area contributed by atoms with Crippen molar-refractivity contribution in [1.82, 2.24) is 5.32 Å². The molecule has 1 aromatic carbocycles. The number of halogens is 3. The summed E-state index contributed by atoms with van der Waals surface area (Å²) in [6.45, 7) is 1.81. The van der Waals surface area contributed by atoms with Gasteiger partial charge in [0.1, 0.15) is 0 Å². The van der Waals surface area contributed by atoms with Crippen molar-refractivity contribution in [3.8, 4) is 0 Å². The Morgan fingerprint density at radius 3 is 2.65 bits per heavy atom. The molecule has 3 nitrogen and oxygen atoms in total. The zero-order valence-electron chi connectivity index (χ0n) is 9.14. The van der Waals surface area contributed by atoms with E-state index in [-0.39, 0.29) is 17.1 Å². The van der Waals surface area contributed by atoms with Crippen LogP contribution in [-0.4, -0.2) is 23.7 Å². The minimum Gasteiger partial charge on any atom is -0.393 e. The molecule has 0 aromatic heterocycles. The number of hydrogen-bond donors (Lipinski definition) is 2. The highest BCUT2D eigenvalue weighted by Gasteiger charge is 2.14. The van der Waals surface area contributed by atoms with Crippen LogP contribution in [0.5, 0.6) is 0 Å². The number of nitrogens with one attached hydrogen (secondary N) is 1. The number of carbonyl (C=O) groups is 1. The van der Waals surface area contributed by atoms with E-state index in [1.807, 2.05) is 0 Å². The Balaban J connectivity index is 2.72. The van der Waals surface area contributed by atoms with Crippen LogP contribution in [0.2, 0.25) is 5.02 Å². The highest BCUT2D eigenvalue weighted by molar-refractivity contribution is 6.33. The van der Waals surface area contributed by atoms with Gasteiger partial charge in [0.25, 0.3) is 5.91 Å². The second-order valence-corrected chi connectivity index (χ2v) is 4.05. The molecule has 0 spiro atoms. The smallest absolute Gasteiger partial charge is 0.252 e. The van der Waals surface area contributed by atoms with Crippen LogP contribution in [0.4, 0.5) is 8.78 Å².